The lowest BCUT2D eigenvalue weighted by Gasteiger charge is -2.13. The maximum Gasteiger partial charge on any atom is 0.282 e. The molecule has 1 aliphatic rings. The molecule has 0 saturated heterocycles. The van der Waals surface area contributed by atoms with Crippen LogP contribution in [0.1, 0.15) is 11.1 Å². The minimum Gasteiger partial charge on any atom is -0.493 e. The van der Waals surface area contributed by atoms with Gasteiger partial charge in [-0.1, -0.05) is 12.1 Å². The fourth-order valence-electron chi connectivity index (χ4n) is 1.96. The predicted molar refractivity (Wildman–Crippen MR) is 64.2 cm³/mol. The Morgan fingerprint density at radius 2 is 2.22 bits per heavy atom. The van der Waals surface area contributed by atoms with Gasteiger partial charge in [0.25, 0.3) is 5.92 Å². The van der Waals surface area contributed by atoms with Gasteiger partial charge in [0.2, 0.25) is 0 Å². The smallest absolute Gasteiger partial charge is 0.282 e. The topological polar surface area (TPSA) is 41.5 Å². The number of rotatable bonds is 6. The van der Waals surface area contributed by atoms with Gasteiger partial charge in [-0.3, -0.25) is 0 Å². The van der Waals surface area contributed by atoms with Crippen LogP contribution in [0.3, 0.4) is 0 Å². The molecule has 0 saturated carbocycles. The Bertz CT molecular complexity index is 410. The highest BCUT2D eigenvalue weighted by molar-refractivity contribution is 5.39. The van der Waals surface area contributed by atoms with Crippen LogP contribution >= 0.6 is 0 Å². The molecule has 5 heteroatoms. The average Bonchev–Trinajstić information content (AvgIpc) is 2.82. The van der Waals surface area contributed by atoms with E-state index in [2.05, 4.69) is 11.4 Å². The van der Waals surface area contributed by atoms with Gasteiger partial charge < -0.3 is 15.2 Å². The van der Waals surface area contributed by atoms with Crippen LogP contribution in [0.2, 0.25) is 0 Å². The molecule has 0 aromatic heterocycles. The van der Waals surface area contributed by atoms with Crippen molar-refractivity contribution in [3.05, 3.63) is 29.3 Å². The molecule has 0 spiro atoms. The zero-order chi connectivity index (χ0) is 13.0. The lowest BCUT2D eigenvalue weighted by Crippen LogP contribution is -2.36. The molecule has 0 amide bonds. The third-order valence-electron chi connectivity index (χ3n) is 2.96. The summed E-state index contributed by atoms with van der Waals surface area (Å²) < 4.78 is 30.9. The SMILES string of the molecule is OCC(F)(F)CNCCc1ccc2c(c1)CCO2. The van der Waals surface area contributed by atoms with E-state index in [1.807, 2.05) is 12.1 Å². The summed E-state index contributed by atoms with van der Waals surface area (Å²) in [6, 6.07) is 5.95. The number of alkyl halides is 2. The molecule has 0 radical (unpaired) electrons. The Morgan fingerprint density at radius 3 is 3.00 bits per heavy atom. The van der Waals surface area contributed by atoms with Crippen LogP contribution in [0.4, 0.5) is 8.78 Å². The number of halogens is 2. The van der Waals surface area contributed by atoms with Gasteiger partial charge in [0.15, 0.2) is 0 Å². The van der Waals surface area contributed by atoms with E-state index < -0.39 is 19.1 Å². The van der Waals surface area contributed by atoms with E-state index in [1.165, 1.54) is 5.56 Å². The quantitative estimate of drug-likeness (QED) is 0.757. The molecule has 0 unspecified atom stereocenters. The number of aliphatic hydroxyl groups is 1. The zero-order valence-electron chi connectivity index (χ0n) is 10.1. The second-order valence-electron chi connectivity index (χ2n) is 4.48. The Labute approximate surface area is 105 Å². The first-order valence-corrected chi connectivity index (χ1v) is 6.05. The fourth-order valence-corrected chi connectivity index (χ4v) is 1.96. The molecule has 0 bridgehead atoms. The summed E-state index contributed by atoms with van der Waals surface area (Å²) in [6.07, 6.45) is 1.61. The molecule has 2 rings (SSSR count). The number of aliphatic hydroxyl groups excluding tert-OH is 1. The van der Waals surface area contributed by atoms with Crippen molar-refractivity contribution in [1.82, 2.24) is 5.32 Å². The Kier molecular flexibility index (Phi) is 4.14. The summed E-state index contributed by atoms with van der Waals surface area (Å²) in [5, 5.41) is 11.1. The fraction of sp³-hybridized carbons (Fsp3) is 0.538. The van der Waals surface area contributed by atoms with Gasteiger partial charge in [0.05, 0.1) is 13.2 Å². The molecule has 1 aliphatic heterocycles. The van der Waals surface area contributed by atoms with Crippen LogP contribution in [-0.2, 0) is 12.8 Å². The van der Waals surface area contributed by atoms with Crippen molar-refractivity contribution in [2.45, 2.75) is 18.8 Å². The predicted octanol–water partition coefficient (Wildman–Crippen LogP) is 1.38. The number of hydrogen-bond donors (Lipinski definition) is 2. The van der Waals surface area contributed by atoms with E-state index in [9.17, 15) is 8.78 Å². The van der Waals surface area contributed by atoms with Crippen molar-refractivity contribution in [2.75, 3.05) is 26.3 Å². The first-order valence-electron chi connectivity index (χ1n) is 6.05. The lowest BCUT2D eigenvalue weighted by molar-refractivity contribution is -0.0473. The minimum atomic E-state index is -3.04. The summed E-state index contributed by atoms with van der Waals surface area (Å²) in [4.78, 5) is 0. The van der Waals surface area contributed by atoms with Gasteiger partial charge in [-0.15, -0.1) is 0 Å². The monoisotopic (exact) mass is 257 g/mol. The molecule has 0 atom stereocenters. The van der Waals surface area contributed by atoms with Crippen molar-refractivity contribution in [3.63, 3.8) is 0 Å². The van der Waals surface area contributed by atoms with E-state index in [4.69, 9.17) is 9.84 Å². The first-order chi connectivity index (χ1) is 8.61. The highest BCUT2D eigenvalue weighted by atomic mass is 19.3. The van der Waals surface area contributed by atoms with Crippen LogP contribution < -0.4 is 10.1 Å². The molecule has 3 nitrogen and oxygen atoms in total. The molecular formula is C13H17F2NO2. The van der Waals surface area contributed by atoms with Crippen molar-refractivity contribution < 1.29 is 18.6 Å². The summed E-state index contributed by atoms with van der Waals surface area (Å²) in [5.41, 5.74) is 2.30. The zero-order valence-corrected chi connectivity index (χ0v) is 10.1. The van der Waals surface area contributed by atoms with E-state index in [0.717, 1.165) is 24.3 Å². The van der Waals surface area contributed by atoms with Crippen LogP contribution in [0.25, 0.3) is 0 Å². The second kappa shape index (κ2) is 5.63. The molecule has 1 heterocycles. The van der Waals surface area contributed by atoms with Gasteiger partial charge in [0.1, 0.15) is 12.4 Å². The van der Waals surface area contributed by atoms with Crippen molar-refractivity contribution in [2.24, 2.45) is 0 Å². The van der Waals surface area contributed by atoms with Gasteiger partial charge >= 0.3 is 0 Å². The van der Waals surface area contributed by atoms with Crippen molar-refractivity contribution in [3.8, 4) is 5.75 Å². The van der Waals surface area contributed by atoms with E-state index in [-0.39, 0.29) is 0 Å². The minimum absolute atomic E-state index is 0.467. The summed E-state index contributed by atoms with van der Waals surface area (Å²) in [7, 11) is 0. The normalized spacial score (nSPS) is 14.4. The van der Waals surface area contributed by atoms with Crippen LogP contribution in [0.15, 0.2) is 18.2 Å². The number of ether oxygens (including phenoxy) is 1. The second-order valence-corrected chi connectivity index (χ2v) is 4.48. The summed E-state index contributed by atoms with van der Waals surface area (Å²) in [6.45, 7) is -0.414. The average molecular weight is 257 g/mol. The lowest BCUT2D eigenvalue weighted by atomic mass is 10.1. The van der Waals surface area contributed by atoms with Crippen molar-refractivity contribution >= 4 is 0 Å². The molecule has 1 aromatic carbocycles. The van der Waals surface area contributed by atoms with E-state index in [1.54, 1.807) is 0 Å². The Morgan fingerprint density at radius 1 is 1.39 bits per heavy atom. The van der Waals surface area contributed by atoms with Gasteiger partial charge in [-0.05, 0) is 30.2 Å². The third kappa shape index (κ3) is 3.40. The maximum absolute atomic E-state index is 12.7. The van der Waals surface area contributed by atoms with Gasteiger partial charge in [0, 0.05) is 6.42 Å². The molecule has 0 aliphatic carbocycles. The number of nitrogens with one attached hydrogen (secondary N) is 1. The van der Waals surface area contributed by atoms with E-state index >= 15 is 0 Å². The van der Waals surface area contributed by atoms with Crippen LogP contribution in [-0.4, -0.2) is 37.3 Å². The molecule has 2 N–H and O–H groups in total. The summed E-state index contributed by atoms with van der Waals surface area (Å²) in [5.74, 6) is -2.11. The maximum atomic E-state index is 12.7. The molecular weight excluding hydrogens is 240 g/mol. The Hall–Kier alpha value is -1.20. The molecule has 18 heavy (non-hydrogen) atoms. The summed E-state index contributed by atoms with van der Waals surface area (Å²) >= 11 is 0. The molecule has 100 valence electrons. The third-order valence-corrected chi connectivity index (χ3v) is 2.96. The highest BCUT2D eigenvalue weighted by Gasteiger charge is 2.26. The standard InChI is InChI=1S/C13H17F2NO2/c14-13(15,9-17)8-16-5-3-10-1-2-12-11(7-10)4-6-18-12/h1-2,7,16-17H,3-6,8-9H2. The number of hydrogen-bond acceptors (Lipinski definition) is 3. The molecule has 0 fully saturated rings. The highest BCUT2D eigenvalue weighted by Crippen LogP contribution is 2.25. The largest absolute Gasteiger partial charge is 0.493 e. The number of fused-ring (bicyclic) bond motifs is 1. The van der Waals surface area contributed by atoms with Crippen LogP contribution in [0.5, 0.6) is 5.75 Å². The number of benzene rings is 1. The van der Waals surface area contributed by atoms with Crippen LogP contribution in [0, 0.1) is 0 Å². The van der Waals surface area contributed by atoms with E-state index in [0.29, 0.717) is 13.0 Å². The Balaban J connectivity index is 1.77. The van der Waals surface area contributed by atoms with Gasteiger partial charge in [-0.25, -0.2) is 8.78 Å². The molecule has 1 aromatic rings. The van der Waals surface area contributed by atoms with Gasteiger partial charge in [-0.2, -0.15) is 0 Å². The first kappa shape index (κ1) is 13.2. The van der Waals surface area contributed by atoms with Crippen molar-refractivity contribution in [1.29, 1.82) is 0 Å².